The Hall–Kier alpha value is -3.64. The largest absolute Gasteiger partial charge is 0.323 e. The number of nitrogens with zero attached hydrogens (tertiary/aromatic N) is 4. The number of hydrogen-bond acceptors (Lipinski definition) is 7. The Bertz CT molecular complexity index is 1450. The second kappa shape index (κ2) is 9.92. The number of aromatic nitrogens is 2. The van der Waals surface area contributed by atoms with Crippen LogP contribution >= 0.6 is 0 Å². The molecule has 1 N–H and O–H groups in total. The van der Waals surface area contributed by atoms with Crippen LogP contribution in [0.15, 0.2) is 58.5 Å². The molecule has 1 amide bonds. The summed E-state index contributed by atoms with van der Waals surface area (Å²) in [6.07, 6.45) is 5.80. The van der Waals surface area contributed by atoms with Crippen LogP contribution in [-0.2, 0) is 21.4 Å². The van der Waals surface area contributed by atoms with Crippen LogP contribution in [0.5, 0.6) is 0 Å². The number of hydrogen-bond donors (Lipinski definition) is 1. The molecule has 0 aliphatic heterocycles. The van der Waals surface area contributed by atoms with E-state index >= 15 is 0 Å². The molecule has 0 spiro atoms. The molecule has 1 aliphatic rings. The highest BCUT2D eigenvalue weighted by molar-refractivity contribution is 7.89. The highest BCUT2D eigenvalue weighted by atomic mass is 32.2. The van der Waals surface area contributed by atoms with Crippen molar-refractivity contribution in [1.82, 2.24) is 13.9 Å². The van der Waals surface area contributed by atoms with Crippen molar-refractivity contribution in [3.8, 4) is 0 Å². The first kappa shape index (κ1) is 24.5. The SMILES string of the molecule is CN(C1CCCCC1)S(=O)(=O)c1ccccc1NC(=O)Cn1cnc2ccc([N+](=O)[O-])cc2c1=O. The van der Waals surface area contributed by atoms with E-state index < -0.39 is 33.0 Å². The number of benzene rings is 2. The van der Waals surface area contributed by atoms with Crippen LogP contribution in [0.4, 0.5) is 11.4 Å². The topological polar surface area (TPSA) is 145 Å². The fourth-order valence-corrected chi connectivity index (χ4v) is 5.87. The molecule has 1 fully saturated rings. The van der Waals surface area contributed by atoms with Gasteiger partial charge in [0.05, 0.1) is 27.8 Å². The molecule has 1 aliphatic carbocycles. The van der Waals surface area contributed by atoms with Gasteiger partial charge in [0.2, 0.25) is 15.9 Å². The predicted molar refractivity (Wildman–Crippen MR) is 130 cm³/mol. The molecule has 184 valence electrons. The predicted octanol–water partition coefficient (Wildman–Crippen LogP) is 2.90. The lowest BCUT2D eigenvalue weighted by atomic mass is 9.96. The smallest absolute Gasteiger partial charge is 0.270 e. The number of para-hydroxylation sites is 1. The summed E-state index contributed by atoms with van der Waals surface area (Å²) < 4.78 is 29.1. The number of nitro groups is 1. The minimum atomic E-state index is -3.86. The molecule has 0 radical (unpaired) electrons. The van der Waals surface area contributed by atoms with E-state index in [9.17, 15) is 28.1 Å². The third-order valence-electron chi connectivity index (χ3n) is 6.24. The van der Waals surface area contributed by atoms with E-state index in [1.165, 1.54) is 34.9 Å². The molecule has 1 aromatic heterocycles. The lowest BCUT2D eigenvalue weighted by molar-refractivity contribution is -0.384. The van der Waals surface area contributed by atoms with E-state index in [0.29, 0.717) is 0 Å². The molecule has 1 heterocycles. The molecule has 4 rings (SSSR count). The third kappa shape index (κ3) is 5.08. The minimum absolute atomic E-state index is 0.00610. The summed E-state index contributed by atoms with van der Waals surface area (Å²) in [6.45, 7) is -0.447. The number of carbonyl (C=O) groups excluding carboxylic acids is 1. The molecular formula is C23H25N5O6S. The first-order chi connectivity index (χ1) is 16.7. The molecule has 0 unspecified atom stereocenters. The molecule has 11 nitrogen and oxygen atoms in total. The maximum absolute atomic E-state index is 13.3. The van der Waals surface area contributed by atoms with E-state index in [2.05, 4.69) is 10.3 Å². The lowest BCUT2D eigenvalue weighted by Crippen LogP contribution is -2.38. The number of nitrogens with one attached hydrogen (secondary N) is 1. The zero-order valence-electron chi connectivity index (χ0n) is 19.1. The lowest BCUT2D eigenvalue weighted by Gasteiger charge is -2.30. The first-order valence-electron chi connectivity index (χ1n) is 11.2. The number of nitro benzene ring substituents is 1. The van der Waals surface area contributed by atoms with Gasteiger partial charge in [-0.3, -0.25) is 24.3 Å². The van der Waals surface area contributed by atoms with Gasteiger partial charge in [-0.2, -0.15) is 4.31 Å². The second-order valence-corrected chi connectivity index (χ2v) is 10.5. The summed E-state index contributed by atoms with van der Waals surface area (Å²) in [6, 6.07) is 9.75. The minimum Gasteiger partial charge on any atom is -0.323 e. The number of anilines is 1. The van der Waals surface area contributed by atoms with Crippen LogP contribution < -0.4 is 10.9 Å². The van der Waals surface area contributed by atoms with Crippen molar-refractivity contribution in [3.05, 3.63) is 69.3 Å². The molecule has 0 atom stereocenters. The van der Waals surface area contributed by atoms with Gasteiger partial charge in [0.1, 0.15) is 11.4 Å². The fourth-order valence-electron chi connectivity index (χ4n) is 4.31. The van der Waals surface area contributed by atoms with Gasteiger partial charge in [-0.25, -0.2) is 13.4 Å². The van der Waals surface area contributed by atoms with Crippen molar-refractivity contribution in [3.63, 3.8) is 0 Å². The average Bonchev–Trinajstić information content (AvgIpc) is 2.85. The summed E-state index contributed by atoms with van der Waals surface area (Å²) in [7, 11) is -2.30. The highest BCUT2D eigenvalue weighted by Crippen LogP contribution is 2.29. The highest BCUT2D eigenvalue weighted by Gasteiger charge is 2.31. The summed E-state index contributed by atoms with van der Waals surface area (Å²) >= 11 is 0. The van der Waals surface area contributed by atoms with Gasteiger partial charge in [-0.1, -0.05) is 31.4 Å². The number of rotatable bonds is 7. The van der Waals surface area contributed by atoms with E-state index in [1.807, 2.05) is 0 Å². The molecular weight excluding hydrogens is 474 g/mol. The maximum atomic E-state index is 13.3. The summed E-state index contributed by atoms with van der Waals surface area (Å²) in [5.41, 5.74) is -0.511. The van der Waals surface area contributed by atoms with Gasteiger partial charge in [-0.05, 0) is 31.0 Å². The zero-order chi connectivity index (χ0) is 25.2. The molecule has 3 aromatic rings. The molecule has 12 heteroatoms. The Kier molecular flexibility index (Phi) is 6.94. The second-order valence-electron chi connectivity index (χ2n) is 8.49. The van der Waals surface area contributed by atoms with E-state index in [1.54, 1.807) is 19.2 Å². The first-order valence-corrected chi connectivity index (χ1v) is 12.6. The van der Waals surface area contributed by atoms with Crippen molar-refractivity contribution >= 4 is 38.2 Å². The molecule has 35 heavy (non-hydrogen) atoms. The Morgan fingerprint density at radius 2 is 1.91 bits per heavy atom. The summed E-state index contributed by atoms with van der Waals surface area (Å²) in [4.78, 5) is 40.1. The van der Waals surface area contributed by atoms with Crippen LogP contribution in [-0.4, -0.2) is 46.2 Å². The molecule has 0 saturated heterocycles. The summed E-state index contributed by atoms with van der Waals surface area (Å²) in [5.74, 6) is -0.637. The van der Waals surface area contributed by atoms with Gasteiger partial charge >= 0.3 is 0 Å². The van der Waals surface area contributed by atoms with Gasteiger partial charge in [0, 0.05) is 25.2 Å². The van der Waals surface area contributed by atoms with Crippen LogP contribution in [0.3, 0.4) is 0 Å². The fraction of sp³-hybridized carbons (Fsp3) is 0.348. The Morgan fingerprint density at radius 1 is 1.20 bits per heavy atom. The quantitative estimate of drug-likeness (QED) is 0.389. The van der Waals surface area contributed by atoms with Crippen LogP contribution in [0.25, 0.3) is 10.9 Å². The number of carbonyl (C=O) groups is 1. The number of amides is 1. The van der Waals surface area contributed by atoms with Crippen molar-refractivity contribution in [2.24, 2.45) is 0 Å². The Balaban J connectivity index is 1.57. The van der Waals surface area contributed by atoms with Gasteiger partial charge in [0.25, 0.3) is 11.2 Å². The molecule has 1 saturated carbocycles. The number of sulfonamides is 1. The Labute approximate surface area is 201 Å². The normalized spacial score (nSPS) is 14.8. The van der Waals surface area contributed by atoms with E-state index in [4.69, 9.17) is 0 Å². The zero-order valence-corrected chi connectivity index (χ0v) is 19.9. The summed E-state index contributed by atoms with van der Waals surface area (Å²) in [5, 5.41) is 13.6. The average molecular weight is 500 g/mol. The third-order valence-corrected chi connectivity index (χ3v) is 8.21. The molecule has 2 aromatic carbocycles. The van der Waals surface area contributed by atoms with E-state index in [0.717, 1.165) is 42.7 Å². The van der Waals surface area contributed by atoms with Gasteiger partial charge in [-0.15, -0.1) is 0 Å². The number of non-ortho nitro benzene ring substituents is 1. The Morgan fingerprint density at radius 3 is 2.63 bits per heavy atom. The van der Waals surface area contributed by atoms with Crippen molar-refractivity contribution in [1.29, 1.82) is 0 Å². The van der Waals surface area contributed by atoms with Crippen LogP contribution in [0.2, 0.25) is 0 Å². The maximum Gasteiger partial charge on any atom is 0.270 e. The van der Waals surface area contributed by atoms with Crippen molar-refractivity contribution in [2.75, 3.05) is 12.4 Å². The van der Waals surface area contributed by atoms with Crippen LogP contribution in [0, 0.1) is 10.1 Å². The van der Waals surface area contributed by atoms with E-state index in [-0.39, 0.29) is 33.2 Å². The molecule has 0 bridgehead atoms. The monoisotopic (exact) mass is 499 g/mol. The van der Waals surface area contributed by atoms with Gasteiger partial charge in [0.15, 0.2) is 0 Å². The van der Waals surface area contributed by atoms with Crippen molar-refractivity contribution in [2.45, 2.75) is 49.6 Å². The van der Waals surface area contributed by atoms with Crippen molar-refractivity contribution < 1.29 is 18.1 Å². The number of fused-ring (bicyclic) bond motifs is 1. The van der Waals surface area contributed by atoms with Crippen LogP contribution in [0.1, 0.15) is 32.1 Å². The van der Waals surface area contributed by atoms with Gasteiger partial charge < -0.3 is 5.32 Å². The standard InChI is InChI=1S/C23H25N5O6S/c1-26(16-7-3-2-4-8-16)35(33,34)21-10-6-5-9-20(21)25-22(29)14-27-15-24-19-12-11-17(28(31)32)13-18(19)23(27)30/h5-6,9-13,15-16H,2-4,7-8,14H2,1H3,(H,25,29).